The van der Waals surface area contributed by atoms with Crippen LogP contribution in [0.2, 0.25) is 0 Å². The minimum Gasteiger partial charge on any atom is -0.410 e. The van der Waals surface area contributed by atoms with Crippen LogP contribution >= 0.6 is 0 Å². The summed E-state index contributed by atoms with van der Waals surface area (Å²) in [7, 11) is 0. The summed E-state index contributed by atoms with van der Waals surface area (Å²) in [5.74, 6) is 0. The number of anilines is 1. The fourth-order valence-corrected chi connectivity index (χ4v) is 1.36. The highest BCUT2D eigenvalue weighted by molar-refractivity contribution is 5.41. The molecule has 0 aliphatic heterocycles. The summed E-state index contributed by atoms with van der Waals surface area (Å²) in [4.78, 5) is 22.8. The first-order valence-electron chi connectivity index (χ1n) is 5.10. The summed E-state index contributed by atoms with van der Waals surface area (Å²) >= 11 is 0. The monoisotopic (exact) mass is 243 g/mol. The molecule has 2 rings (SSSR count). The van der Waals surface area contributed by atoms with Gasteiger partial charge in [-0.1, -0.05) is 23.4 Å². The molecule has 2 N–H and O–H groups in total. The molecule has 0 amide bonds. The normalized spacial score (nSPS) is 12.7. The Labute approximate surface area is 101 Å². The molecule has 6 nitrogen and oxygen atoms in total. The molecule has 2 aromatic carbocycles. The lowest BCUT2D eigenvalue weighted by Gasteiger charge is -1.97. The average molecular weight is 243 g/mol. The molecule has 0 unspecified atom stereocenters. The van der Waals surface area contributed by atoms with Crippen LogP contribution in [-0.2, 0) is 0 Å². The first-order valence-corrected chi connectivity index (χ1v) is 5.10. The zero-order chi connectivity index (χ0) is 13.0. The van der Waals surface area contributed by atoms with Crippen LogP contribution in [0.3, 0.4) is 0 Å². The van der Waals surface area contributed by atoms with E-state index in [4.69, 9.17) is 5.21 Å². The van der Waals surface area contributed by atoms with Crippen molar-refractivity contribution in [3.8, 4) is 0 Å². The molecule has 90 valence electrons. The molecule has 0 radical (unpaired) electrons. The van der Waals surface area contributed by atoms with Gasteiger partial charge in [-0.25, -0.2) is 0 Å². The van der Waals surface area contributed by atoms with Gasteiger partial charge in [-0.15, -0.1) is 0 Å². The van der Waals surface area contributed by atoms with Gasteiger partial charge in [-0.3, -0.25) is 15.0 Å². The van der Waals surface area contributed by atoms with Gasteiger partial charge in [0.25, 0.3) is 0 Å². The maximum absolute atomic E-state index is 11.7. The van der Waals surface area contributed by atoms with E-state index >= 15 is 0 Å². The number of hydrogen-bond acceptors (Lipinski definition) is 6. The summed E-state index contributed by atoms with van der Waals surface area (Å²) in [6.45, 7) is 0. The minimum atomic E-state index is -0.714. The number of nitrogens with one attached hydrogen (secondary N) is 1. The highest BCUT2D eigenvalue weighted by atomic mass is 16.4. The van der Waals surface area contributed by atoms with E-state index in [-0.39, 0.29) is 5.36 Å². The van der Waals surface area contributed by atoms with E-state index in [1.807, 2.05) is 18.2 Å². The van der Waals surface area contributed by atoms with Crippen molar-refractivity contribution in [1.29, 1.82) is 0 Å². The second-order valence-electron chi connectivity index (χ2n) is 3.45. The summed E-state index contributed by atoms with van der Waals surface area (Å²) in [6.07, 6.45) is 0. The van der Waals surface area contributed by atoms with E-state index in [2.05, 4.69) is 15.7 Å². The van der Waals surface area contributed by atoms with Crippen molar-refractivity contribution >= 4 is 5.69 Å². The summed E-state index contributed by atoms with van der Waals surface area (Å²) in [6, 6.07) is 11.4. The predicted octanol–water partition coefficient (Wildman–Crippen LogP) is -0.500. The number of rotatable bonds is 2. The van der Waals surface area contributed by atoms with E-state index < -0.39 is 16.2 Å². The molecule has 0 saturated carbocycles. The predicted molar refractivity (Wildman–Crippen MR) is 64.3 cm³/mol. The molecular formula is C12H9N3O3. The quantitative estimate of drug-likeness (QED) is 0.549. The van der Waals surface area contributed by atoms with Crippen LogP contribution < -0.4 is 27.0 Å². The molecule has 18 heavy (non-hydrogen) atoms. The molecule has 2 aromatic rings. The van der Waals surface area contributed by atoms with Gasteiger partial charge in [0, 0.05) is 0 Å². The van der Waals surface area contributed by atoms with Gasteiger partial charge in [-0.05, 0) is 24.3 Å². The topological polar surface area (TPSA) is 91.1 Å². The first kappa shape index (κ1) is 11.7. The van der Waals surface area contributed by atoms with Gasteiger partial charge in [0.05, 0.1) is 5.69 Å². The fraction of sp³-hybridized carbons (Fsp3) is 0. The Balaban J connectivity index is 2.48. The van der Waals surface area contributed by atoms with Crippen LogP contribution in [-0.4, -0.2) is 5.21 Å². The molecular weight excluding hydrogens is 234 g/mol. The summed E-state index contributed by atoms with van der Waals surface area (Å²) < 4.78 is 0. The van der Waals surface area contributed by atoms with Crippen molar-refractivity contribution in [3.05, 3.63) is 73.6 Å². The zero-order valence-electron chi connectivity index (χ0n) is 9.20. The molecule has 0 saturated heterocycles. The number of benzene rings is 2. The van der Waals surface area contributed by atoms with E-state index in [0.29, 0.717) is 5.69 Å². The van der Waals surface area contributed by atoms with Crippen molar-refractivity contribution in [2.75, 3.05) is 5.43 Å². The molecule has 6 heteroatoms. The van der Waals surface area contributed by atoms with Crippen LogP contribution in [0.4, 0.5) is 5.69 Å². The number of hydrogen-bond donors (Lipinski definition) is 2. The summed E-state index contributed by atoms with van der Waals surface area (Å²) in [5, 5.41) is 14.6. The Morgan fingerprint density at radius 3 is 2.39 bits per heavy atom. The Bertz CT molecular complexity index is 760. The minimum absolute atomic E-state index is 0.00579. The van der Waals surface area contributed by atoms with Crippen molar-refractivity contribution in [1.82, 2.24) is 0 Å². The molecule has 0 spiro atoms. The third-order valence-corrected chi connectivity index (χ3v) is 2.25. The SMILES string of the molecule is O=c1cc/c(=N/Nc2ccccc2)c(=O)/c1=N/O. The Kier molecular flexibility index (Phi) is 3.29. The first-order chi connectivity index (χ1) is 8.72. The molecule has 0 atom stereocenters. The Hall–Kier alpha value is -2.76. The van der Waals surface area contributed by atoms with Crippen LogP contribution in [0.5, 0.6) is 0 Å². The second kappa shape index (κ2) is 5.05. The van der Waals surface area contributed by atoms with Crippen LogP contribution in [0.15, 0.2) is 62.3 Å². The Morgan fingerprint density at radius 2 is 1.72 bits per heavy atom. The highest BCUT2D eigenvalue weighted by Gasteiger charge is 2.00. The number of para-hydroxylation sites is 1. The van der Waals surface area contributed by atoms with Gasteiger partial charge in [0.1, 0.15) is 5.36 Å². The van der Waals surface area contributed by atoms with Gasteiger partial charge >= 0.3 is 0 Å². The van der Waals surface area contributed by atoms with Crippen LogP contribution in [0.1, 0.15) is 0 Å². The third-order valence-electron chi connectivity index (χ3n) is 2.25. The second-order valence-corrected chi connectivity index (χ2v) is 3.45. The average Bonchev–Trinajstić information content (AvgIpc) is 2.40. The van der Waals surface area contributed by atoms with Crippen molar-refractivity contribution < 1.29 is 5.21 Å². The van der Waals surface area contributed by atoms with E-state index in [0.717, 1.165) is 6.07 Å². The standard InChI is InChI=1S/C12H9N3O3/c16-10-7-6-9(12(17)11(10)15-18)14-13-8-4-2-1-3-5-8/h1-7,13,18H/b14-9-,15-11+. The highest BCUT2D eigenvalue weighted by Crippen LogP contribution is 2.03. The molecule has 0 aliphatic rings. The lowest BCUT2D eigenvalue weighted by molar-refractivity contribution is 0.300. The third kappa shape index (κ3) is 2.32. The van der Waals surface area contributed by atoms with E-state index in [9.17, 15) is 9.59 Å². The van der Waals surface area contributed by atoms with Gasteiger partial charge in [0.2, 0.25) is 10.9 Å². The fourth-order valence-electron chi connectivity index (χ4n) is 1.36. The Morgan fingerprint density at radius 1 is 1.00 bits per heavy atom. The van der Waals surface area contributed by atoms with E-state index in [1.54, 1.807) is 12.1 Å². The molecule has 0 bridgehead atoms. The van der Waals surface area contributed by atoms with Gasteiger partial charge in [0.15, 0.2) is 5.36 Å². The van der Waals surface area contributed by atoms with E-state index in [1.165, 1.54) is 6.07 Å². The summed E-state index contributed by atoms with van der Waals surface area (Å²) in [5.41, 5.74) is 2.02. The largest absolute Gasteiger partial charge is 0.410 e. The maximum atomic E-state index is 11.7. The molecule has 0 fully saturated rings. The lowest BCUT2D eigenvalue weighted by atomic mass is 10.3. The molecule has 0 aliphatic carbocycles. The smallest absolute Gasteiger partial charge is 0.238 e. The lowest BCUT2D eigenvalue weighted by Crippen LogP contribution is -2.47. The van der Waals surface area contributed by atoms with Crippen molar-refractivity contribution in [2.45, 2.75) is 0 Å². The van der Waals surface area contributed by atoms with Gasteiger partial charge < -0.3 is 5.21 Å². The van der Waals surface area contributed by atoms with Crippen molar-refractivity contribution in [3.63, 3.8) is 0 Å². The number of nitrogens with zero attached hydrogens (tertiary/aromatic N) is 2. The maximum Gasteiger partial charge on any atom is 0.238 e. The van der Waals surface area contributed by atoms with Crippen molar-refractivity contribution in [2.24, 2.45) is 10.3 Å². The zero-order valence-corrected chi connectivity index (χ0v) is 9.20. The van der Waals surface area contributed by atoms with Gasteiger partial charge in [-0.2, -0.15) is 5.10 Å². The van der Waals surface area contributed by atoms with Crippen LogP contribution in [0.25, 0.3) is 0 Å². The van der Waals surface area contributed by atoms with Crippen LogP contribution in [0, 0.1) is 0 Å². The molecule has 0 heterocycles. The molecule has 0 aromatic heterocycles.